The Hall–Kier alpha value is -1.92. The number of hydrogen-bond donors (Lipinski definition) is 1. The van der Waals surface area contributed by atoms with Crippen molar-refractivity contribution < 1.29 is 9.59 Å². The molecule has 0 saturated carbocycles. The van der Waals surface area contributed by atoms with Gasteiger partial charge in [0.15, 0.2) is 0 Å². The van der Waals surface area contributed by atoms with Gasteiger partial charge in [-0.3, -0.25) is 19.4 Å². The minimum atomic E-state index is 0.0262. The minimum Gasteiger partial charge on any atom is -0.354 e. The Labute approximate surface area is 160 Å². The van der Waals surface area contributed by atoms with Crippen LogP contribution in [0.1, 0.15) is 24.3 Å². The Kier molecular flexibility index (Phi) is 4.40. The molecule has 2 bridgehead atoms. The number of rotatable bonds is 3. The number of benzene rings is 1. The second-order valence-electron chi connectivity index (χ2n) is 8.48. The summed E-state index contributed by atoms with van der Waals surface area (Å²) in [5, 5.41) is 2.84. The molecule has 5 fully saturated rings. The fraction of sp³-hybridized carbons (Fsp3) is 0.619. The molecule has 2 amide bonds. The van der Waals surface area contributed by atoms with Crippen LogP contribution >= 0.6 is 0 Å². The van der Waals surface area contributed by atoms with Crippen LogP contribution in [0, 0.1) is 5.92 Å². The van der Waals surface area contributed by atoms with Crippen molar-refractivity contribution in [1.29, 1.82) is 0 Å². The van der Waals surface area contributed by atoms with Crippen molar-refractivity contribution in [2.45, 2.75) is 30.8 Å². The highest BCUT2D eigenvalue weighted by atomic mass is 16.2. The lowest BCUT2D eigenvalue weighted by molar-refractivity contribution is -0.138. The van der Waals surface area contributed by atoms with Crippen molar-refractivity contribution in [3.63, 3.8) is 0 Å². The van der Waals surface area contributed by atoms with Crippen molar-refractivity contribution in [3.05, 3.63) is 35.9 Å². The van der Waals surface area contributed by atoms with Crippen molar-refractivity contribution in [2.24, 2.45) is 5.92 Å². The Morgan fingerprint density at radius 1 is 1.07 bits per heavy atom. The summed E-state index contributed by atoms with van der Waals surface area (Å²) in [4.78, 5) is 31.7. The van der Waals surface area contributed by atoms with E-state index < -0.39 is 0 Å². The van der Waals surface area contributed by atoms with E-state index in [4.69, 9.17) is 0 Å². The lowest BCUT2D eigenvalue weighted by Crippen LogP contribution is -2.61. The summed E-state index contributed by atoms with van der Waals surface area (Å²) < 4.78 is 0. The average molecular weight is 368 g/mol. The van der Waals surface area contributed by atoms with Crippen LogP contribution in [-0.4, -0.2) is 84.4 Å². The molecule has 27 heavy (non-hydrogen) atoms. The second kappa shape index (κ2) is 6.91. The SMILES string of the molecule is O=C1CN(CC(=O)N2C[C@H](c3ccccc3)[C@@H]3[C@H]2C2CCN3CC2)CCN1. The number of piperidine rings is 3. The number of nitrogens with zero attached hydrogens (tertiary/aromatic N) is 3. The van der Waals surface area contributed by atoms with E-state index in [1.54, 1.807) is 0 Å². The van der Waals surface area contributed by atoms with Crippen molar-refractivity contribution in [1.82, 2.24) is 20.0 Å². The summed E-state index contributed by atoms with van der Waals surface area (Å²) in [6.45, 7) is 5.26. The van der Waals surface area contributed by atoms with Crippen LogP contribution in [0.5, 0.6) is 0 Å². The molecule has 5 saturated heterocycles. The summed E-state index contributed by atoms with van der Waals surface area (Å²) >= 11 is 0. The predicted octanol–water partition coefficient (Wildman–Crippen LogP) is 0.507. The van der Waals surface area contributed by atoms with Gasteiger partial charge in [0.05, 0.1) is 19.1 Å². The van der Waals surface area contributed by atoms with E-state index in [9.17, 15) is 9.59 Å². The largest absolute Gasteiger partial charge is 0.354 e. The number of nitrogens with one attached hydrogen (secondary N) is 1. The Bertz CT molecular complexity index is 716. The molecule has 5 aliphatic rings. The van der Waals surface area contributed by atoms with E-state index in [2.05, 4.69) is 45.4 Å². The highest BCUT2D eigenvalue weighted by Crippen LogP contribution is 2.46. The molecule has 1 aromatic rings. The van der Waals surface area contributed by atoms with Gasteiger partial charge in [-0.25, -0.2) is 0 Å². The number of piperazine rings is 1. The zero-order chi connectivity index (χ0) is 18.4. The molecule has 0 radical (unpaired) electrons. The third-order valence-corrected chi connectivity index (χ3v) is 7.02. The Balaban J connectivity index is 1.39. The topological polar surface area (TPSA) is 55.9 Å². The molecule has 6 rings (SSSR count). The van der Waals surface area contributed by atoms with Gasteiger partial charge in [0, 0.05) is 31.6 Å². The lowest BCUT2D eigenvalue weighted by atomic mass is 9.75. The zero-order valence-corrected chi connectivity index (χ0v) is 15.7. The van der Waals surface area contributed by atoms with Gasteiger partial charge < -0.3 is 10.2 Å². The molecule has 0 spiro atoms. The first kappa shape index (κ1) is 17.2. The molecule has 6 nitrogen and oxygen atoms in total. The van der Waals surface area contributed by atoms with Crippen LogP contribution in [0.3, 0.4) is 0 Å². The van der Waals surface area contributed by atoms with Crippen molar-refractivity contribution in [2.75, 3.05) is 45.8 Å². The highest BCUT2D eigenvalue weighted by Gasteiger charge is 2.54. The number of carbonyl (C=O) groups is 2. The van der Waals surface area contributed by atoms with Crippen LogP contribution in [-0.2, 0) is 9.59 Å². The average Bonchev–Trinajstić information content (AvgIpc) is 3.13. The number of carbonyl (C=O) groups excluding carboxylic acids is 2. The van der Waals surface area contributed by atoms with Gasteiger partial charge in [0.1, 0.15) is 0 Å². The van der Waals surface area contributed by atoms with Crippen LogP contribution in [0.15, 0.2) is 30.3 Å². The van der Waals surface area contributed by atoms with Crippen LogP contribution in [0.25, 0.3) is 0 Å². The van der Waals surface area contributed by atoms with Gasteiger partial charge in [-0.15, -0.1) is 0 Å². The van der Waals surface area contributed by atoms with E-state index in [1.807, 2.05) is 4.90 Å². The number of likely N-dealkylation sites (tertiary alicyclic amines) is 1. The van der Waals surface area contributed by atoms with Gasteiger partial charge in [-0.2, -0.15) is 0 Å². The van der Waals surface area contributed by atoms with Gasteiger partial charge in [0.25, 0.3) is 0 Å². The molecule has 1 N–H and O–H groups in total. The predicted molar refractivity (Wildman–Crippen MR) is 102 cm³/mol. The van der Waals surface area contributed by atoms with E-state index in [0.29, 0.717) is 43.6 Å². The van der Waals surface area contributed by atoms with Gasteiger partial charge in [-0.1, -0.05) is 30.3 Å². The van der Waals surface area contributed by atoms with Gasteiger partial charge in [0.2, 0.25) is 11.8 Å². The molecule has 6 heteroatoms. The molecule has 5 aliphatic heterocycles. The third-order valence-electron chi connectivity index (χ3n) is 7.02. The standard InChI is InChI=1S/C21H28N4O2/c26-18-13-23(11-8-22-18)14-19(27)25-12-17(15-4-2-1-3-5-15)21-20(25)16-6-9-24(21)10-7-16/h1-5,16-17,20-21H,6-14H2,(H,22,26)/t17-,20-,21-/m1/s1. The van der Waals surface area contributed by atoms with Crippen LogP contribution < -0.4 is 5.32 Å². The smallest absolute Gasteiger partial charge is 0.237 e. The molecular weight excluding hydrogens is 340 g/mol. The van der Waals surface area contributed by atoms with Gasteiger partial charge in [-0.05, 0) is 37.4 Å². The Morgan fingerprint density at radius 2 is 1.85 bits per heavy atom. The maximum atomic E-state index is 13.3. The first-order chi connectivity index (χ1) is 13.2. The summed E-state index contributed by atoms with van der Waals surface area (Å²) in [7, 11) is 0. The fourth-order valence-corrected chi connectivity index (χ4v) is 5.81. The number of hydrogen-bond acceptors (Lipinski definition) is 4. The summed E-state index contributed by atoms with van der Waals surface area (Å²) in [5.74, 6) is 1.25. The minimum absolute atomic E-state index is 0.0262. The van der Waals surface area contributed by atoms with E-state index in [0.717, 1.165) is 13.1 Å². The fourth-order valence-electron chi connectivity index (χ4n) is 5.81. The first-order valence-electron chi connectivity index (χ1n) is 10.3. The quantitative estimate of drug-likeness (QED) is 0.845. The highest BCUT2D eigenvalue weighted by molar-refractivity contribution is 5.82. The van der Waals surface area contributed by atoms with Gasteiger partial charge >= 0.3 is 0 Å². The van der Waals surface area contributed by atoms with Crippen LogP contribution in [0.2, 0.25) is 0 Å². The lowest BCUT2D eigenvalue weighted by Gasteiger charge is -2.51. The van der Waals surface area contributed by atoms with Crippen molar-refractivity contribution >= 4 is 11.8 Å². The molecule has 0 aliphatic carbocycles. The summed E-state index contributed by atoms with van der Waals surface area (Å²) in [5.41, 5.74) is 1.35. The third kappa shape index (κ3) is 3.05. The molecule has 0 aromatic heterocycles. The molecule has 144 valence electrons. The monoisotopic (exact) mass is 368 g/mol. The van der Waals surface area contributed by atoms with Crippen molar-refractivity contribution in [3.8, 4) is 0 Å². The molecule has 0 unspecified atom stereocenters. The maximum Gasteiger partial charge on any atom is 0.237 e. The Morgan fingerprint density at radius 3 is 2.59 bits per heavy atom. The normalized spacial score (nSPS) is 35.8. The van der Waals surface area contributed by atoms with E-state index >= 15 is 0 Å². The maximum absolute atomic E-state index is 13.3. The summed E-state index contributed by atoms with van der Waals surface area (Å²) in [6.07, 6.45) is 2.41. The zero-order valence-electron chi connectivity index (χ0n) is 15.7. The molecule has 5 heterocycles. The van der Waals surface area contributed by atoms with E-state index in [-0.39, 0.29) is 11.8 Å². The summed E-state index contributed by atoms with van der Waals surface area (Å²) in [6, 6.07) is 11.5. The molecule has 1 aromatic carbocycles. The van der Waals surface area contributed by atoms with Crippen LogP contribution in [0.4, 0.5) is 0 Å². The molecule has 3 atom stereocenters. The first-order valence-corrected chi connectivity index (χ1v) is 10.3. The van der Waals surface area contributed by atoms with E-state index in [1.165, 1.54) is 31.5 Å². The second-order valence-corrected chi connectivity index (χ2v) is 8.48. The molecular formula is C21H28N4O2. The number of fused-ring (bicyclic) bond motifs is 2. The number of amides is 2.